The van der Waals surface area contributed by atoms with Gasteiger partial charge in [-0.2, -0.15) is 0 Å². The molecule has 1 aromatic carbocycles. The highest BCUT2D eigenvalue weighted by Gasteiger charge is 2.28. The number of carbonyl (C=O) groups is 3. The first-order chi connectivity index (χ1) is 12.4. The third-order valence-corrected chi connectivity index (χ3v) is 4.18. The summed E-state index contributed by atoms with van der Waals surface area (Å²) in [5.74, 6) is -1.31. The van der Waals surface area contributed by atoms with Crippen LogP contribution in [0.15, 0.2) is 24.3 Å². The predicted octanol–water partition coefficient (Wildman–Crippen LogP) is 0.645. The fraction of sp³-hybridized carbons (Fsp3) is 0.444. The number of nitrogens with two attached hydrogens (primary N) is 1. The maximum absolute atomic E-state index is 12.7. The number of amides is 2. The first kappa shape index (κ1) is 19.4. The molecule has 140 valence electrons. The number of nitrogen functional groups attached to an aromatic ring is 1. The average molecular weight is 360 g/mol. The SMILES string of the molecule is CC(=O)OC[C@H](NC(=O)c1ccc(C(=N)N)cc1)C(=O)N1CCCCC1. The van der Waals surface area contributed by atoms with Gasteiger partial charge in [0.2, 0.25) is 5.91 Å². The molecule has 2 rings (SSSR count). The molecule has 1 aliphatic rings. The van der Waals surface area contributed by atoms with Gasteiger partial charge < -0.3 is 20.7 Å². The van der Waals surface area contributed by atoms with Gasteiger partial charge >= 0.3 is 5.97 Å². The van der Waals surface area contributed by atoms with Gasteiger partial charge in [0.25, 0.3) is 5.91 Å². The summed E-state index contributed by atoms with van der Waals surface area (Å²) in [5, 5.41) is 10.0. The summed E-state index contributed by atoms with van der Waals surface area (Å²) in [5.41, 5.74) is 6.23. The standard InChI is InChI=1S/C18H24N4O4/c1-12(23)26-11-15(18(25)22-9-3-2-4-10-22)21-17(24)14-7-5-13(6-8-14)16(19)20/h5-8,15H,2-4,9-11H2,1H3,(H3,19,20)(H,21,24)/t15-/m0/s1. The van der Waals surface area contributed by atoms with Crippen molar-refractivity contribution in [1.29, 1.82) is 5.41 Å². The Hall–Kier alpha value is -2.90. The second-order valence-corrected chi connectivity index (χ2v) is 6.21. The zero-order valence-electron chi connectivity index (χ0n) is 14.8. The fourth-order valence-corrected chi connectivity index (χ4v) is 2.75. The zero-order valence-corrected chi connectivity index (χ0v) is 14.8. The van der Waals surface area contributed by atoms with E-state index in [4.69, 9.17) is 15.9 Å². The zero-order chi connectivity index (χ0) is 19.1. The molecule has 26 heavy (non-hydrogen) atoms. The van der Waals surface area contributed by atoms with E-state index >= 15 is 0 Å². The van der Waals surface area contributed by atoms with E-state index in [-0.39, 0.29) is 18.3 Å². The van der Waals surface area contributed by atoms with Gasteiger partial charge in [0.1, 0.15) is 18.5 Å². The number of ether oxygens (including phenoxy) is 1. The van der Waals surface area contributed by atoms with Crippen molar-refractivity contribution in [2.75, 3.05) is 19.7 Å². The molecular weight excluding hydrogens is 336 g/mol. The molecular formula is C18H24N4O4. The Morgan fingerprint density at radius 2 is 1.73 bits per heavy atom. The molecule has 0 saturated carbocycles. The van der Waals surface area contributed by atoms with Crippen LogP contribution in [-0.4, -0.2) is 54.3 Å². The van der Waals surface area contributed by atoms with Crippen molar-refractivity contribution >= 4 is 23.6 Å². The topological polar surface area (TPSA) is 126 Å². The number of likely N-dealkylation sites (tertiary alicyclic amines) is 1. The lowest BCUT2D eigenvalue weighted by molar-refractivity contribution is -0.144. The van der Waals surface area contributed by atoms with Gasteiger partial charge in [-0.3, -0.25) is 19.8 Å². The third-order valence-electron chi connectivity index (χ3n) is 4.18. The number of piperidine rings is 1. The van der Waals surface area contributed by atoms with E-state index < -0.39 is 17.9 Å². The Morgan fingerprint density at radius 1 is 1.15 bits per heavy atom. The van der Waals surface area contributed by atoms with Gasteiger partial charge in [0.15, 0.2) is 0 Å². The maximum atomic E-state index is 12.7. The summed E-state index contributed by atoms with van der Waals surface area (Å²) in [6, 6.07) is 5.24. The molecule has 0 aliphatic carbocycles. The predicted molar refractivity (Wildman–Crippen MR) is 95.8 cm³/mol. The van der Waals surface area contributed by atoms with Crippen LogP contribution in [0.25, 0.3) is 0 Å². The Balaban J connectivity index is 2.08. The summed E-state index contributed by atoms with van der Waals surface area (Å²) in [4.78, 5) is 38.0. The lowest BCUT2D eigenvalue weighted by atomic mass is 10.1. The second kappa shape index (κ2) is 8.98. The van der Waals surface area contributed by atoms with E-state index in [1.165, 1.54) is 19.1 Å². The fourth-order valence-electron chi connectivity index (χ4n) is 2.75. The van der Waals surface area contributed by atoms with Crippen molar-refractivity contribution in [3.8, 4) is 0 Å². The van der Waals surface area contributed by atoms with E-state index in [0.717, 1.165) is 19.3 Å². The minimum Gasteiger partial charge on any atom is -0.463 e. The van der Waals surface area contributed by atoms with Crippen molar-refractivity contribution in [2.24, 2.45) is 5.73 Å². The van der Waals surface area contributed by atoms with Crippen LogP contribution in [0.2, 0.25) is 0 Å². The number of nitrogens with zero attached hydrogens (tertiary/aromatic N) is 1. The third kappa shape index (κ3) is 5.30. The lowest BCUT2D eigenvalue weighted by Crippen LogP contribution is -2.52. The molecule has 0 radical (unpaired) electrons. The van der Waals surface area contributed by atoms with Crippen molar-refractivity contribution in [1.82, 2.24) is 10.2 Å². The molecule has 1 aliphatic heterocycles. The number of carbonyl (C=O) groups excluding carboxylic acids is 3. The van der Waals surface area contributed by atoms with Crippen LogP contribution in [0, 0.1) is 5.41 Å². The molecule has 8 heteroatoms. The highest BCUT2D eigenvalue weighted by molar-refractivity contribution is 5.99. The number of esters is 1. The number of amidine groups is 1. The summed E-state index contributed by atoms with van der Waals surface area (Å²) in [6.07, 6.45) is 2.92. The van der Waals surface area contributed by atoms with Crippen molar-refractivity contribution in [2.45, 2.75) is 32.2 Å². The van der Waals surface area contributed by atoms with Crippen LogP contribution in [0.1, 0.15) is 42.1 Å². The molecule has 1 aromatic rings. The molecule has 1 saturated heterocycles. The summed E-state index contributed by atoms with van der Waals surface area (Å²) >= 11 is 0. The normalized spacial score (nSPS) is 15.0. The highest BCUT2D eigenvalue weighted by Crippen LogP contribution is 2.11. The van der Waals surface area contributed by atoms with Crippen molar-refractivity contribution in [3.05, 3.63) is 35.4 Å². The first-order valence-electron chi connectivity index (χ1n) is 8.56. The minimum absolute atomic E-state index is 0.0926. The monoisotopic (exact) mass is 360 g/mol. The Bertz CT molecular complexity index is 681. The minimum atomic E-state index is -0.933. The Kier molecular flexibility index (Phi) is 6.71. The Labute approximate surface area is 152 Å². The Morgan fingerprint density at radius 3 is 2.27 bits per heavy atom. The molecule has 4 N–H and O–H groups in total. The van der Waals surface area contributed by atoms with Gasteiger partial charge in [-0.05, 0) is 31.4 Å². The first-order valence-corrected chi connectivity index (χ1v) is 8.56. The van der Waals surface area contributed by atoms with Crippen LogP contribution in [0.3, 0.4) is 0 Å². The number of nitrogens with one attached hydrogen (secondary N) is 2. The van der Waals surface area contributed by atoms with Crippen molar-refractivity contribution in [3.63, 3.8) is 0 Å². The van der Waals surface area contributed by atoms with Crippen LogP contribution in [-0.2, 0) is 14.3 Å². The quantitative estimate of drug-likeness (QED) is 0.390. The smallest absolute Gasteiger partial charge is 0.302 e. The van der Waals surface area contributed by atoms with Crippen molar-refractivity contribution < 1.29 is 19.1 Å². The second-order valence-electron chi connectivity index (χ2n) is 6.21. The van der Waals surface area contributed by atoms with E-state index in [9.17, 15) is 14.4 Å². The lowest BCUT2D eigenvalue weighted by Gasteiger charge is -2.30. The largest absolute Gasteiger partial charge is 0.463 e. The van der Waals surface area contributed by atoms with E-state index in [1.54, 1.807) is 17.0 Å². The number of rotatable bonds is 6. The maximum Gasteiger partial charge on any atom is 0.302 e. The molecule has 0 spiro atoms. The van der Waals surface area contributed by atoms with Crippen LogP contribution >= 0.6 is 0 Å². The molecule has 8 nitrogen and oxygen atoms in total. The molecule has 1 fully saturated rings. The van der Waals surface area contributed by atoms with Gasteiger partial charge in [0, 0.05) is 31.1 Å². The van der Waals surface area contributed by atoms with Gasteiger partial charge in [0.05, 0.1) is 0 Å². The number of hydrogen-bond donors (Lipinski definition) is 3. The molecule has 0 unspecified atom stereocenters. The van der Waals surface area contributed by atoms with Crippen LogP contribution < -0.4 is 11.1 Å². The van der Waals surface area contributed by atoms with Gasteiger partial charge in [-0.15, -0.1) is 0 Å². The molecule has 1 atom stereocenters. The van der Waals surface area contributed by atoms with E-state index in [2.05, 4.69) is 5.32 Å². The number of hydrogen-bond acceptors (Lipinski definition) is 5. The van der Waals surface area contributed by atoms with Gasteiger partial charge in [-0.1, -0.05) is 12.1 Å². The summed E-state index contributed by atoms with van der Waals surface area (Å²) < 4.78 is 4.96. The van der Waals surface area contributed by atoms with Crippen LogP contribution in [0.4, 0.5) is 0 Å². The summed E-state index contributed by atoms with van der Waals surface area (Å²) in [6.45, 7) is 2.32. The number of benzene rings is 1. The molecule has 1 heterocycles. The highest BCUT2D eigenvalue weighted by atomic mass is 16.5. The van der Waals surface area contributed by atoms with E-state index in [1.807, 2.05) is 0 Å². The van der Waals surface area contributed by atoms with Gasteiger partial charge in [-0.25, -0.2) is 0 Å². The molecule has 0 bridgehead atoms. The molecule has 2 amide bonds. The molecule has 0 aromatic heterocycles. The summed E-state index contributed by atoms with van der Waals surface area (Å²) in [7, 11) is 0. The van der Waals surface area contributed by atoms with E-state index in [0.29, 0.717) is 24.2 Å². The average Bonchev–Trinajstić information content (AvgIpc) is 2.65. The van der Waals surface area contributed by atoms with Crippen LogP contribution in [0.5, 0.6) is 0 Å².